The maximum absolute atomic E-state index is 13.5. The second kappa shape index (κ2) is 8.35. The number of fused-ring (bicyclic) bond motifs is 1. The Bertz CT molecular complexity index is 1280. The SMILES string of the molecule is COc1cccc(C2C(C(=O)Nc3cccnc3)C(C)=Nc3nc(-c4cccs4)nn32)c1. The molecule has 1 aromatic carbocycles. The lowest BCUT2D eigenvalue weighted by molar-refractivity contribution is -0.118. The van der Waals surface area contributed by atoms with Crippen molar-refractivity contribution in [2.45, 2.75) is 13.0 Å². The Kier molecular flexibility index (Phi) is 5.24. The number of benzene rings is 1. The van der Waals surface area contributed by atoms with Gasteiger partial charge in [-0.2, -0.15) is 4.98 Å². The summed E-state index contributed by atoms with van der Waals surface area (Å²) >= 11 is 1.56. The molecule has 0 saturated carbocycles. The predicted octanol–water partition coefficient (Wildman–Crippen LogP) is 4.36. The molecule has 1 aliphatic rings. The lowest BCUT2D eigenvalue weighted by Crippen LogP contribution is -2.39. The van der Waals surface area contributed by atoms with Gasteiger partial charge in [-0.1, -0.05) is 18.2 Å². The molecule has 8 nitrogen and oxygen atoms in total. The average Bonchev–Trinajstić information content (AvgIpc) is 3.48. The van der Waals surface area contributed by atoms with Gasteiger partial charge < -0.3 is 10.1 Å². The van der Waals surface area contributed by atoms with Gasteiger partial charge in [-0.25, -0.2) is 9.67 Å². The van der Waals surface area contributed by atoms with Crippen LogP contribution in [0.2, 0.25) is 0 Å². The number of thiophene rings is 1. The molecule has 4 aromatic rings. The van der Waals surface area contributed by atoms with Gasteiger partial charge in [0.1, 0.15) is 11.7 Å². The fraction of sp³-hybridized carbons (Fsp3) is 0.174. The molecule has 32 heavy (non-hydrogen) atoms. The number of methoxy groups -OCH3 is 1. The van der Waals surface area contributed by atoms with Crippen LogP contribution >= 0.6 is 11.3 Å². The van der Waals surface area contributed by atoms with Gasteiger partial charge in [-0.15, -0.1) is 16.4 Å². The highest BCUT2D eigenvalue weighted by molar-refractivity contribution is 7.13. The van der Waals surface area contributed by atoms with Gasteiger partial charge in [0.05, 0.1) is 29.9 Å². The molecule has 4 heterocycles. The van der Waals surface area contributed by atoms with Crippen LogP contribution in [-0.2, 0) is 4.79 Å². The van der Waals surface area contributed by atoms with Crippen LogP contribution in [0.5, 0.6) is 5.75 Å². The van der Waals surface area contributed by atoms with Gasteiger partial charge in [0.15, 0.2) is 5.82 Å². The standard InChI is InChI=1S/C23H20N6O2S/c1-14-19(22(30)26-16-7-4-10-24-13-16)20(15-6-3-8-17(12-15)31-2)29-23(25-14)27-21(28-29)18-9-5-11-32-18/h3-13,19-20H,1-2H3,(H,26,30). The molecule has 0 radical (unpaired) electrons. The number of aromatic nitrogens is 4. The lowest BCUT2D eigenvalue weighted by atomic mass is 9.87. The number of hydrogen-bond acceptors (Lipinski definition) is 7. The van der Waals surface area contributed by atoms with E-state index in [4.69, 9.17) is 9.84 Å². The van der Waals surface area contributed by atoms with Crippen LogP contribution < -0.4 is 10.1 Å². The number of ether oxygens (including phenoxy) is 1. The molecule has 0 bridgehead atoms. The van der Waals surface area contributed by atoms with Gasteiger partial charge in [0.2, 0.25) is 11.9 Å². The fourth-order valence-electron chi connectivity index (χ4n) is 3.83. The Balaban J connectivity index is 1.61. The van der Waals surface area contributed by atoms with E-state index in [1.165, 1.54) is 0 Å². The molecule has 1 amide bonds. The molecule has 0 aliphatic carbocycles. The summed E-state index contributed by atoms with van der Waals surface area (Å²) in [6.45, 7) is 1.85. The fourth-order valence-corrected chi connectivity index (χ4v) is 4.49. The van der Waals surface area contributed by atoms with Crippen molar-refractivity contribution in [1.29, 1.82) is 0 Å². The predicted molar refractivity (Wildman–Crippen MR) is 124 cm³/mol. The molecule has 0 saturated heterocycles. The third kappa shape index (κ3) is 3.67. The third-order valence-corrected chi connectivity index (χ3v) is 6.17. The highest BCUT2D eigenvalue weighted by Gasteiger charge is 2.39. The normalized spacial score (nSPS) is 17.4. The lowest BCUT2D eigenvalue weighted by Gasteiger charge is -2.30. The largest absolute Gasteiger partial charge is 0.497 e. The van der Waals surface area contributed by atoms with Crippen molar-refractivity contribution in [1.82, 2.24) is 19.7 Å². The number of anilines is 1. The molecule has 2 atom stereocenters. The number of amides is 1. The summed E-state index contributed by atoms with van der Waals surface area (Å²) in [6, 6.07) is 14.7. The second-order valence-corrected chi connectivity index (χ2v) is 8.29. The average molecular weight is 445 g/mol. The van der Waals surface area contributed by atoms with E-state index in [0.29, 0.717) is 28.9 Å². The minimum absolute atomic E-state index is 0.189. The van der Waals surface area contributed by atoms with E-state index in [9.17, 15) is 4.79 Å². The van der Waals surface area contributed by atoms with Crippen LogP contribution in [0.3, 0.4) is 0 Å². The summed E-state index contributed by atoms with van der Waals surface area (Å²) < 4.78 is 7.17. The van der Waals surface area contributed by atoms with Crippen LogP contribution in [0.4, 0.5) is 11.6 Å². The monoisotopic (exact) mass is 444 g/mol. The molecule has 5 rings (SSSR count). The first-order chi connectivity index (χ1) is 15.6. The van der Waals surface area contributed by atoms with Gasteiger partial charge in [-0.3, -0.25) is 9.78 Å². The maximum Gasteiger partial charge on any atom is 0.248 e. The van der Waals surface area contributed by atoms with E-state index < -0.39 is 12.0 Å². The molecule has 0 spiro atoms. The summed E-state index contributed by atoms with van der Waals surface area (Å²) in [4.78, 5) is 27.8. The number of nitrogens with zero attached hydrogens (tertiary/aromatic N) is 5. The number of rotatable bonds is 5. The van der Waals surface area contributed by atoms with Crippen LogP contribution in [-0.4, -0.2) is 38.5 Å². The molecule has 160 valence electrons. The third-order valence-electron chi connectivity index (χ3n) is 5.31. The molecule has 0 fully saturated rings. The van der Waals surface area contributed by atoms with Crippen LogP contribution in [0.15, 0.2) is 71.3 Å². The molecular formula is C23H20N6O2S. The van der Waals surface area contributed by atoms with Gasteiger partial charge in [-0.05, 0) is 48.2 Å². The molecule has 9 heteroatoms. The van der Waals surface area contributed by atoms with Crippen molar-refractivity contribution < 1.29 is 9.53 Å². The molecule has 2 unspecified atom stereocenters. The van der Waals surface area contributed by atoms with E-state index in [2.05, 4.69) is 20.3 Å². The number of aliphatic imine (C=N–C) groups is 1. The first kappa shape index (κ1) is 20.1. The maximum atomic E-state index is 13.5. The summed E-state index contributed by atoms with van der Waals surface area (Å²) in [7, 11) is 1.62. The number of carbonyl (C=O) groups is 1. The first-order valence-corrected chi connectivity index (χ1v) is 10.9. The van der Waals surface area contributed by atoms with Crippen molar-refractivity contribution in [3.05, 3.63) is 71.9 Å². The van der Waals surface area contributed by atoms with Crippen molar-refractivity contribution >= 4 is 34.6 Å². The van der Waals surface area contributed by atoms with Crippen molar-refractivity contribution in [3.8, 4) is 16.5 Å². The molecule has 1 N–H and O–H groups in total. The van der Waals surface area contributed by atoms with Gasteiger partial charge in [0.25, 0.3) is 0 Å². The number of carbonyl (C=O) groups excluding carboxylic acids is 1. The minimum atomic E-state index is -0.590. The summed E-state index contributed by atoms with van der Waals surface area (Å²) in [6.07, 6.45) is 3.28. The van der Waals surface area contributed by atoms with Gasteiger partial charge >= 0.3 is 0 Å². The number of nitrogens with one attached hydrogen (secondary N) is 1. The van der Waals surface area contributed by atoms with Crippen LogP contribution in [0.25, 0.3) is 10.7 Å². The zero-order valence-corrected chi connectivity index (χ0v) is 18.3. The Morgan fingerprint density at radius 3 is 2.84 bits per heavy atom. The van der Waals surface area contributed by atoms with E-state index >= 15 is 0 Å². The van der Waals surface area contributed by atoms with E-state index in [0.717, 1.165) is 10.4 Å². The molecular weight excluding hydrogens is 424 g/mol. The zero-order valence-electron chi connectivity index (χ0n) is 17.5. The highest BCUT2D eigenvalue weighted by Crippen LogP contribution is 2.38. The Morgan fingerprint density at radius 1 is 1.19 bits per heavy atom. The smallest absolute Gasteiger partial charge is 0.248 e. The highest BCUT2D eigenvalue weighted by atomic mass is 32.1. The summed E-state index contributed by atoms with van der Waals surface area (Å²) in [5.41, 5.74) is 2.17. The van der Waals surface area contributed by atoms with Crippen LogP contribution in [0, 0.1) is 5.92 Å². The van der Waals surface area contributed by atoms with E-state index in [-0.39, 0.29) is 5.91 Å². The van der Waals surface area contributed by atoms with Crippen LogP contribution in [0.1, 0.15) is 18.5 Å². The van der Waals surface area contributed by atoms with E-state index in [1.807, 2.05) is 48.7 Å². The van der Waals surface area contributed by atoms with Crippen molar-refractivity contribution in [3.63, 3.8) is 0 Å². The topological polar surface area (TPSA) is 94.3 Å². The van der Waals surface area contributed by atoms with Gasteiger partial charge in [0, 0.05) is 11.9 Å². The summed E-state index contributed by atoms with van der Waals surface area (Å²) in [5, 5.41) is 9.70. The second-order valence-electron chi connectivity index (χ2n) is 7.34. The molecule has 1 aliphatic heterocycles. The van der Waals surface area contributed by atoms with Crippen molar-refractivity contribution in [2.75, 3.05) is 12.4 Å². The zero-order chi connectivity index (χ0) is 22.1. The Morgan fingerprint density at radius 2 is 2.09 bits per heavy atom. The Hall–Kier alpha value is -3.85. The quantitative estimate of drug-likeness (QED) is 0.494. The molecule has 3 aromatic heterocycles. The van der Waals surface area contributed by atoms with E-state index in [1.54, 1.807) is 47.7 Å². The Labute approximate surface area is 188 Å². The summed E-state index contributed by atoms with van der Waals surface area (Å²) in [5.74, 6) is 0.990. The van der Waals surface area contributed by atoms with Crippen molar-refractivity contribution in [2.24, 2.45) is 10.9 Å². The number of pyridine rings is 1. The minimum Gasteiger partial charge on any atom is -0.497 e. The number of hydrogen-bond donors (Lipinski definition) is 1. The first-order valence-electron chi connectivity index (χ1n) is 10.0.